The Balaban J connectivity index is 1.19. The lowest BCUT2D eigenvalue weighted by molar-refractivity contribution is -0.122. The number of nitrogens with one attached hydrogen (secondary N) is 1. The summed E-state index contributed by atoms with van der Waals surface area (Å²) in [5.74, 6) is -0.705. The van der Waals surface area contributed by atoms with Gasteiger partial charge < -0.3 is 14.4 Å². The molecule has 3 aliphatic heterocycles. The zero-order chi connectivity index (χ0) is 36.6. The van der Waals surface area contributed by atoms with Crippen molar-refractivity contribution >= 4 is 46.9 Å². The molecule has 0 saturated carbocycles. The smallest absolute Gasteiger partial charge is 0.335 e. The van der Waals surface area contributed by atoms with Crippen LogP contribution in [0.2, 0.25) is 5.02 Å². The van der Waals surface area contributed by atoms with Crippen molar-refractivity contribution in [3.8, 4) is 11.5 Å². The fourth-order valence-corrected chi connectivity index (χ4v) is 8.22. The second-order valence-corrected chi connectivity index (χ2v) is 14.1. The SMILES string of the molecule is COc1cc(/C=C2\C(=O)NC(=O)N(c3cc4c5c(c3)[C@H](c3ccccc3)CCN5CC[C@@H]4c3ccccc3)C2=O)cc(Cl)c1OCc1cccc(C)c1. The molecule has 0 aliphatic carbocycles. The van der Waals surface area contributed by atoms with Crippen LogP contribution in [0.3, 0.4) is 0 Å². The maximum atomic E-state index is 14.4. The highest BCUT2D eigenvalue weighted by Crippen LogP contribution is 2.50. The molecule has 1 saturated heterocycles. The van der Waals surface area contributed by atoms with Crippen molar-refractivity contribution in [3.63, 3.8) is 0 Å². The third-order valence-electron chi connectivity index (χ3n) is 10.4. The van der Waals surface area contributed by atoms with Gasteiger partial charge in [-0.15, -0.1) is 0 Å². The molecule has 8 rings (SSSR count). The number of carbonyl (C=O) groups excluding carboxylic acids is 3. The summed E-state index contributed by atoms with van der Waals surface area (Å²) in [4.78, 5) is 44.9. The average Bonchev–Trinajstić information content (AvgIpc) is 3.16. The molecule has 1 N–H and O–H groups in total. The Kier molecular flexibility index (Phi) is 9.22. The van der Waals surface area contributed by atoms with Gasteiger partial charge in [-0.2, -0.15) is 0 Å². The molecule has 3 aliphatic rings. The van der Waals surface area contributed by atoms with Crippen molar-refractivity contribution in [2.24, 2.45) is 0 Å². The Morgan fingerprint density at radius 1 is 0.811 bits per heavy atom. The minimum Gasteiger partial charge on any atom is -0.493 e. The second-order valence-electron chi connectivity index (χ2n) is 13.7. The highest BCUT2D eigenvalue weighted by atomic mass is 35.5. The molecule has 1 fully saturated rings. The van der Waals surface area contributed by atoms with Crippen molar-refractivity contribution in [2.45, 2.75) is 38.2 Å². The number of carbonyl (C=O) groups is 3. The minimum atomic E-state index is -0.796. The van der Waals surface area contributed by atoms with E-state index in [1.807, 2.05) is 79.7 Å². The van der Waals surface area contributed by atoms with Gasteiger partial charge in [0.1, 0.15) is 12.2 Å². The van der Waals surface area contributed by atoms with Crippen molar-refractivity contribution in [1.82, 2.24) is 5.32 Å². The molecule has 0 aromatic heterocycles. The van der Waals surface area contributed by atoms with Crippen LogP contribution < -0.4 is 24.6 Å². The Morgan fingerprint density at radius 2 is 1.45 bits per heavy atom. The summed E-state index contributed by atoms with van der Waals surface area (Å²) in [5.41, 5.74) is 8.38. The van der Waals surface area contributed by atoms with E-state index in [1.54, 1.807) is 12.1 Å². The first-order valence-electron chi connectivity index (χ1n) is 17.8. The van der Waals surface area contributed by atoms with E-state index in [2.05, 4.69) is 34.5 Å². The molecule has 9 heteroatoms. The Bertz CT molecular complexity index is 2200. The number of methoxy groups -OCH3 is 1. The van der Waals surface area contributed by atoms with E-state index in [0.717, 1.165) is 58.8 Å². The first-order valence-corrected chi connectivity index (χ1v) is 18.2. The molecule has 266 valence electrons. The van der Waals surface area contributed by atoms with Gasteiger partial charge in [0, 0.05) is 30.6 Å². The number of benzene rings is 5. The highest BCUT2D eigenvalue weighted by molar-refractivity contribution is 6.39. The molecule has 0 radical (unpaired) electrons. The number of ether oxygens (including phenoxy) is 2. The normalized spacial score (nSPS) is 18.8. The van der Waals surface area contributed by atoms with Gasteiger partial charge in [0.05, 0.1) is 17.8 Å². The van der Waals surface area contributed by atoms with E-state index >= 15 is 0 Å². The van der Waals surface area contributed by atoms with Gasteiger partial charge >= 0.3 is 6.03 Å². The van der Waals surface area contributed by atoms with Crippen LogP contribution in [0.1, 0.15) is 63.6 Å². The van der Waals surface area contributed by atoms with Gasteiger partial charge in [0.2, 0.25) is 0 Å². The fraction of sp³-hybridized carbons (Fsp3) is 0.205. The van der Waals surface area contributed by atoms with E-state index in [9.17, 15) is 14.4 Å². The first-order chi connectivity index (χ1) is 25.8. The maximum absolute atomic E-state index is 14.4. The Hall–Kier alpha value is -5.86. The van der Waals surface area contributed by atoms with E-state index in [4.69, 9.17) is 21.1 Å². The van der Waals surface area contributed by atoms with E-state index < -0.39 is 17.8 Å². The molecule has 8 nitrogen and oxygen atoms in total. The first kappa shape index (κ1) is 34.2. The number of rotatable bonds is 8. The standard InChI is InChI=1S/C44H38ClN3O5/c1-27-10-9-11-28(20-27)26-53-41-38(45)22-29(23-39(41)52-2)21-37-42(49)46-44(51)48(43(37)50)32-24-35-33(30-12-5-3-6-13-30)16-18-47-19-17-34(36(25-32)40(35)47)31-14-7-4-8-15-31/h3-15,20-25,33-34H,16-19,26H2,1-2H3,(H,46,49,51)/b37-21+/t33-,34+. The fourth-order valence-electron chi connectivity index (χ4n) is 7.95. The number of hydrogen-bond acceptors (Lipinski definition) is 6. The van der Waals surface area contributed by atoms with Crippen LogP contribution in [0.15, 0.2) is 115 Å². The third-order valence-corrected chi connectivity index (χ3v) is 10.7. The van der Waals surface area contributed by atoms with Gasteiger partial charge in [-0.25, -0.2) is 9.69 Å². The van der Waals surface area contributed by atoms with Crippen LogP contribution in [0.4, 0.5) is 16.2 Å². The second kappa shape index (κ2) is 14.3. The number of halogens is 1. The van der Waals surface area contributed by atoms with Gasteiger partial charge in [-0.3, -0.25) is 14.9 Å². The number of aryl methyl sites for hydroxylation is 1. The van der Waals surface area contributed by atoms with Gasteiger partial charge in [0.25, 0.3) is 11.8 Å². The molecule has 5 aromatic rings. The molecule has 5 aromatic carbocycles. The molecular weight excluding hydrogens is 686 g/mol. The number of hydrogen-bond donors (Lipinski definition) is 1. The lowest BCUT2D eigenvalue weighted by atomic mass is 9.76. The maximum Gasteiger partial charge on any atom is 0.335 e. The number of urea groups is 1. The molecule has 4 amide bonds. The largest absolute Gasteiger partial charge is 0.493 e. The van der Waals surface area contributed by atoms with Crippen molar-refractivity contribution < 1.29 is 23.9 Å². The molecule has 3 heterocycles. The zero-order valence-electron chi connectivity index (χ0n) is 29.5. The number of barbiturate groups is 1. The number of nitrogens with zero attached hydrogens (tertiary/aromatic N) is 2. The number of imide groups is 2. The summed E-state index contributed by atoms with van der Waals surface area (Å²) in [6.45, 7) is 4.10. The van der Waals surface area contributed by atoms with Crippen molar-refractivity contribution in [3.05, 3.63) is 159 Å². The van der Waals surface area contributed by atoms with Crippen LogP contribution in [-0.4, -0.2) is 38.0 Å². The van der Waals surface area contributed by atoms with Crippen molar-refractivity contribution in [2.75, 3.05) is 30.0 Å². The zero-order valence-corrected chi connectivity index (χ0v) is 30.2. The molecule has 0 unspecified atom stereocenters. The number of amides is 4. The van der Waals surface area contributed by atoms with Crippen LogP contribution in [-0.2, 0) is 16.2 Å². The summed E-state index contributed by atoms with van der Waals surface area (Å²) >= 11 is 6.71. The average molecular weight is 724 g/mol. The quantitative estimate of drug-likeness (QED) is 0.127. The van der Waals surface area contributed by atoms with Gasteiger partial charge in [0.15, 0.2) is 11.5 Å². The minimum absolute atomic E-state index is 0.0662. The monoisotopic (exact) mass is 723 g/mol. The summed E-state index contributed by atoms with van der Waals surface area (Å²) in [6.07, 6.45) is 3.22. The molecular formula is C44H38ClN3O5. The summed E-state index contributed by atoms with van der Waals surface area (Å²) < 4.78 is 11.7. The van der Waals surface area contributed by atoms with Gasteiger partial charge in [-0.1, -0.05) is 102 Å². The van der Waals surface area contributed by atoms with Crippen molar-refractivity contribution in [1.29, 1.82) is 0 Å². The Morgan fingerprint density at radius 3 is 2.06 bits per heavy atom. The lowest BCUT2D eigenvalue weighted by Crippen LogP contribution is -2.54. The highest BCUT2D eigenvalue weighted by Gasteiger charge is 2.40. The predicted molar refractivity (Wildman–Crippen MR) is 207 cm³/mol. The lowest BCUT2D eigenvalue weighted by Gasteiger charge is -2.44. The summed E-state index contributed by atoms with van der Waals surface area (Å²) in [6, 6.07) is 35.0. The topological polar surface area (TPSA) is 88.2 Å². The van der Waals surface area contributed by atoms with E-state index in [-0.39, 0.29) is 29.0 Å². The molecule has 53 heavy (non-hydrogen) atoms. The molecule has 0 spiro atoms. The van der Waals surface area contributed by atoms with Crippen LogP contribution in [0, 0.1) is 6.92 Å². The number of anilines is 2. The third kappa shape index (κ3) is 6.55. The summed E-state index contributed by atoms with van der Waals surface area (Å²) in [7, 11) is 1.50. The van der Waals surface area contributed by atoms with Crippen LogP contribution >= 0.6 is 11.6 Å². The Labute approximate surface area is 313 Å². The van der Waals surface area contributed by atoms with Crippen LogP contribution in [0.5, 0.6) is 11.5 Å². The van der Waals surface area contributed by atoms with E-state index in [1.165, 1.54) is 24.3 Å². The van der Waals surface area contributed by atoms with Crippen LogP contribution in [0.25, 0.3) is 6.08 Å². The predicted octanol–water partition coefficient (Wildman–Crippen LogP) is 8.78. The van der Waals surface area contributed by atoms with E-state index in [0.29, 0.717) is 22.7 Å². The summed E-state index contributed by atoms with van der Waals surface area (Å²) in [5, 5.41) is 2.66. The van der Waals surface area contributed by atoms with Gasteiger partial charge in [-0.05, 0) is 83.5 Å². The molecule has 2 atom stereocenters. The molecule has 0 bridgehead atoms.